The summed E-state index contributed by atoms with van der Waals surface area (Å²) in [5.41, 5.74) is -6.52. The molecular weight excluding hydrogens is 558 g/mol. The number of anilines is 1. The molecule has 6 nitrogen and oxygen atoms in total. The van der Waals surface area contributed by atoms with Gasteiger partial charge in [0.05, 0.1) is 5.69 Å². The second kappa shape index (κ2) is 11.1. The van der Waals surface area contributed by atoms with Gasteiger partial charge in [0.1, 0.15) is 10.3 Å². The Labute approximate surface area is 220 Å². The van der Waals surface area contributed by atoms with Gasteiger partial charge in [0.15, 0.2) is 0 Å². The molecule has 1 N–H and O–H groups in total. The van der Waals surface area contributed by atoms with Crippen molar-refractivity contribution in [2.75, 3.05) is 38.2 Å². The van der Waals surface area contributed by atoms with Crippen LogP contribution >= 0.6 is 11.3 Å². The fourth-order valence-corrected chi connectivity index (χ4v) is 6.55. The summed E-state index contributed by atoms with van der Waals surface area (Å²) in [6, 6.07) is 5.25. The molecule has 2 aromatic rings. The van der Waals surface area contributed by atoms with Gasteiger partial charge in [-0.2, -0.15) is 30.6 Å². The number of rotatable bonds is 6. The first kappa shape index (κ1) is 30.2. The van der Waals surface area contributed by atoms with Crippen LogP contribution in [0, 0.1) is 17.8 Å². The van der Waals surface area contributed by atoms with E-state index in [2.05, 4.69) is 11.8 Å². The molecule has 0 spiro atoms. The Balaban J connectivity index is 2.02. The monoisotopic (exact) mass is 584 g/mol. The van der Waals surface area contributed by atoms with Crippen LogP contribution in [0.3, 0.4) is 0 Å². The topological polar surface area (TPSA) is 70.1 Å². The zero-order valence-electron chi connectivity index (χ0n) is 20.6. The molecule has 0 amide bonds. The van der Waals surface area contributed by atoms with Crippen molar-refractivity contribution in [2.45, 2.75) is 42.1 Å². The number of hydrogen-bond acceptors (Lipinski definition) is 6. The zero-order chi connectivity index (χ0) is 28.5. The molecule has 1 aromatic carbocycles. The number of benzene rings is 1. The van der Waals surface area contributed by atoms with Crippen molar-refractivity contribution in [3.63, 3.8) is 0 Å². The minimum Gasteiger partial charge on any atom is -0.369 e. The highest BCUT2D eigenvalue weighted by molar-refractivity contribution is 7.91. The summed E-state index contributed by atoms with van der Waals surface area (Å²) in [5.74, 6) is 5.22. The maximum atomic E-state index is 13.5. The Hall–Kier alpha value is -2.31. The van der Waals surface area contributed by atoms with Crippen LogP contribution in [0.1, 0.15) is 25.0 Å². The molecule has 38 heavy (non-hydrogen) atoms. The molecule has 1 aliphatic heterocycles. The van der Waals surface area contributed by atoms with E-state index in [1.165, 1.54) is 17.5 Å². The first-order valence-corrected chi connectivity index (χ1v) is 13.7. The van der Waals surface area contributed by atoms with Crippen LogP contribution in [-0.4, -0.2) is 69.6 Å². The fraction of sp³-hybridized carbons (Fsp3) is 0.500. The highest BCUT2D eigenvalue weighted by Gasteiger charge is 2.71. The highest BCUT2D eigenvalue weighted by atomic mass is 32.2. The van der Waals surface area contributed by atoms with Crippen molar-refractivity contribution in [3.05, 3.63) is 46.8 Å². The molecule has 2 heterocycles. The van der Waals surface area contributed by atoms with E-state index in [4.69, 9.17) is 4.74 Å². The van der Waals surface area contributed by atoms with Crippen LogP contribution in [0.5, 0.6) is 0 Å². The first-order valence-electron chi connectivity index (χ1n) is 11.4. The van der Waals surface area contributed by atoms with Crippen molar-refractivity contribution in [1.82, 2.24) is 4.31 Å². The molecule has 0 unspecified atom stereocenters. The van der Waals surface area contributed by atoms with Crippen LogP contribution in [0.4, 0.5) is 32.0 Å². The van der Waals surface area contributed by atoms with Crippen molar-refractivity contribution < 1.29 is 44.6 Å². The Morgan fingerprint density at radius 2 is 1.63 bits per heavy atom. The minimum absolute atomic E-state index is 0.0383. The van der Waals surface area contributed by atoms with Crippen LogP contribution in [0.2, 0.25) is 0 Å². The molecule has 1 aromatic heterocycles. The van der Waals surface area contributed by atoms with Crippen LogP contribution in [0.15, 0.2) is 39.9 Å². The fourth-order valence-electron chi connectivity index (χ4n) is 3.98. The van der Waals surface area contributed by atoms with E-state index in [-0.39, 0.29) is 47.6 Å². The average molecular weight is 585 g/mol. The summed E-state index contributed by atoms with van der Waals surface area (Å²) in [7, 11) is -2.36. The Kier molecular flexibility index (Phi) is 8.79. The number of halogens is 6. The van der Waals surface area contributed by atoms with E-state index in [0.29, 0.717) is 12.1 Å². The van der Waals surface area contributed by atoms with Crippen LogP contribution in [0.25, 0.3) is 0 Å². The number of nitrogens with zero attached hydrogens (tertiary/aromatic N) is 2. The van der Waals surface area contributed by atoms with Crippen molar-refractivity contribution >= 4 is 27.0 Å². The number of ether oxygens (including phenoxy) is 1. The largest absolute Gasteiger partial charge is 0.430 e. The highest BCUT2D eigenvalue weighted by Crippen LogP contribution is 2.50. The normalized spacial score (nSPS) is 16.9. The second-order valence-electron chi connectivity index (χ2n) is 8.93. The van der Waals surface area contributed by atoms with E-state index in [1.54, 1.807) is 30.2 Å². The molecule has 1 fully saturated rings. The van der Waals surface area contributed by atoms with E-state index in [9.17, 15) is 39.9 Å². The zero-order valence-corrected chi connectivity index (χ0v) is 22.2. The third-order valence-electron chi connectivity index (χ3n) is 6.11. The number of alkyl halides is 6. The standard InChI is InChI=1S/C24H26F6N2O4S2/c1-16(2)20(36-3)9-6-17-15-18(22(33,23(25,26)27)24(28,29)30)7-8-19(17)31-10-12-32(13-11-31)38(34,35)21-5-4-14-37-21/h4-5,7-8,14-16,20,33H,10-13H2,1-3H3/t20-/m1/s1. The Morgan fingerprint density at radius 1 is 1.03 bits per heavy atom. The number of aliphatic hydroxyl groups is 1. The number of methoxy groups -OCH3 is 1. The second-order valence-corrected chi connectivity index (χ2v) is 12.0. The quantitative estimate of drug-likeness (QED) is 0.398. The summed E-state index contributed by atoms with van der Waals surface area (Å²) >= 11 is 1.06. The van der Waals surface area contributed by atoms with E-state index >= 15 is 0 Å². The molecule has 1 saturated heterocycles. The van der Waals surface area contributed by atoms with Gasteiger partial charge in [0.2, 0.25) is 0 Å². The van der Waals surface area contributed by atoms with E-state index in [1.807, 2.05) is 0 Å². The molecule has 210 valence electrons. The molecule has 3 rings (SSSR count). The summed E-state index contributed by atoms with van der Waals surface area (Å²) in [5, 5.41) is 11.5. The third kappa shape index (κ3) is 5.81. The number of sulfonamides is 1. The lowest BCUT2D eigenvalue weighted by molar-refractivity contribution is -0.376. The van der Waals surface area contributed by atoms with Crippen molar-refractivity contribution in [2.24, 2.45) is 5.92 Å². The smallest absolute Gasteiger partial charge is 0.369 e. The SMILES string of the molecule is CO[C@H](C#Cc1cc(C(O)(C(F)(F)F)C(F)(F)F)ccc1N1CCN(S(=O)(=O)c2cccs2)CC1)C(C)C. The summed E-state index contributed by atoms with van der Waals surface area (Å²) in [4.78, 5) is 1.63. The van der Waals surface area contributed by atoms with Gasteiger partial charge in [-0.15, -0.1) is 11.3 Å². The van der Waals surface area contributed by atoms with Gasteiger partial charge >= 0.3 is 12.4 Å². The van der Waals surface area contributed by atoms with Gasteiger partial charge in [-0.3, -0.25) is 0 Å². The lowest BCUT2D eigenvalue weighted by atomic mass is 9.90. The maximum absolute atomic E-state index is 13.5. The van der Waals surface area contributed by atoms with Crippen LogP contribution < -0.4 is 4.90 Å². The number of thiophene rings is 1. The van der Waals surface area contributed by atoms with Crippen molar-refractivity contribution in [3.8, 4) is 11.8 Å². The summed E-state index contributed by atoms with van der Waals surface area (Å²) in [6.45, 7) is 3.85. The summed E-state index contributed by atoms with van der Waals surface area (Å²) in [6.07, 6.45) is -12.8. The van der Waals surface area contributed by atoms with Gasteiger partial charge in [0.25, 0.3) is 15.6 Å². The molecule has 14 heteroatoms. The molecule has 0 aliphatic carbocycles. The van der Waals surface area contributed by atoms with Crippen molar-refractivity contribution in [1.29, 1.82) is 0 Å². The molecule has 1 atom stereocenters. The van der Waals surface area contributed by atoms with Gasteiger partial charge in [-0.05, 0) is 29.5 Å². The van der Waals surface area contributed by atoms with Gasteiger partial charge < -0.3 is 14.7 Å². The molecular formula is C24H26F6N2O4S2. The van der Waals surface area contributed by atoms with Gasteiger partial charge in [-0.25, -0.2) is 8.42 Å². The maximum Gasteiger partial charge on any atom is 0.430 e. The first-order chi connectivity index (χ1) is 17.5. The van der Waals surface area contributed by atoms with E-state index < -0.39 is 39.6 Å². The lowest BCUT2D eigenvalue weighted by Gasteiger charge is -2.36. The Bertz CT molecular complexity index is 1260. The Morgan fingerprint density at radius 3 is 2.11 bits per heavy atom. The lowest BCUT2D eigenvalue weighted by Crippen LogP contribution is -2.54. The predicted molar refractivity (Wildman–Crippen MR) is 130 cm³/mol. The third-order valence-corrected chi connectivity index (χ3v) is 9.38. The average Bonchev–Trinajstić information content (AvgIpc) is 3.38. The predicted octanol–water partition coefficient (Wildman–Crippen LogP) is 4.59. The molecule has 0 radical (unpaired) electrons. The van der Waals surface area contributed by atoms with Crippen LogP contribution in [-0.2, 0) is 20.4 Å². The van der Waals surface area contributed by atoms with Gasteiger partial charge in [0, 0.05) is 44.4 Å². The van der Waals surface area contributed by atoms with E-state index in [0.717, 1.165) is 17.4 Å². The summed E-state index contributed by atoms with van der Waals surface area (Å²) < 4.78 is 113. The number of piperazine rings is 1. The molecule has 1 aliphatic rings. The minimum atomic E-state index is -6.05. The molecule has 0 bridgehead atoms. The van der Waals surface area contributed by atoms with Gasteiger partial charge in [-0.1, -0.05) is 37.8 Å². The number of hydrogen-bond donors (Lipinski definition) is 1. The molecule has 0 saturated carbocycles.